The number of hydrogen-bond donors (Lipinski definition) is 1. The molecular weight excluding hydrogens is 368 g/mol. The molecule has 6 heteroatoms. The number of likely N-dealkylation sites (tertiary alicyclic amines) is 1. The molecule has 2 aromatic carbocycles. The highest BCUT2D eigenvalue weighted by atomic mass is 16.6. The number of piperidine rings is 1. The average Bonchev–Trinajstić information content (AvgIpc) is 2.78. The number of anilines is 1. The fourth-order valence-electron chi connectivity index (χ4n) is 3.86. The highest BCUT2D eigenvalue weighted by molar-refractivity contribution is 5.98. The van der Waals surface area contributed by atoms with Crippen molar-refractivity contribution < 1.29 is 19.1 Å². The number of amides is 1. The normalized spacial score (nSPS) is 17.0. The number of ketones is 1. The molecule has 1 N–H and O–H groups in total. The van der Waals surface area contributed by atoms with Gasteiger partial charge in [0.25, 0.3) is 0 Å². The number of carbonyl (C=O) groups is 2. The summed E-state index contributed by atoms with van der Waals surface area (Å²) in [4.78, 5) is 27.3. The zero-order valence-corrected chi connectivity index (χ0v) is 16.4. The SMILES string of the molecule is O=C(CCN1CCC(C(=O)c2ccc3c(c2)OCCO3)CC1)Nc1ccccc1. The van der Waals surface area contributed by atoms with Crippen molar-refractivity contribution in [2.75, 3.05) is 38.2 Å². The van der Waals surface area contributed by atoms with Crippen LogP contribution in [0.15, 0.2) is 48.5 Å². The maximum absolute atomic E-state index is 12.9. The fraction of sp³-hybridized carbons (Fsp3) is 0.391. The Morgan fingerprint density at radius 2 is 1.69 bits per heavy atom. The molecule has 2 heterocycles. The molecule has 1 saturated heterocycles. The summed E-state index contributed by atoms with van der Waals surface area (Å²) in [6.45, 7) is 3.44. The summed E-state index contributed by atoms with van der Waals surface area (Å²) in [5.41, 5.74) is 1.51. The van der Waals surface area contributed by atoms with Crippen molar-refractivity contribution in [2.24, 2.45) is 5.92 Å². The predicted octanol–water partition coefficient (Wildman–Crippen LogP) is 3.38. The van der Waals surface area contributed by atoms with E-state index in [0.29, 0.717) is 43.2 Å². The second kappa shape index (κ2) is 9.09. The standard InChI is InChI=1S/C23H26N2O4/c26-22(24-19-4-2-1-3-5-19)10-13-25-11-8-17(9-12-25)23(27)18-6-7-20-21(16-18)29-15-14-28-20/h1-7,16-17H,8-15H2,(H,24,26). The van der Waals surface area contributed by atoms with Crippen molar-refractivity contribution in [3.05, 3.63) is 54.1 Å². The largest absolute Gasteiger partial charge is 0.486 e. The van der Waals surface area contributed by atoms with Crippen molar-refractivity contribution in [2.45, 2.75) is 19.3 Å². The van der Waals surface area contributed by atoms with E-state index in [0.717, 1.165) is 31.6 Å². The summed E-state index contributed by atoms with van der Waals surface area (Å²) in [5.74, 6) is 1.57. The second-order valence-corrected chi connectivity index (χ2v) is 7.50. The molecule has 0 spiro atoms. The molecule has 0 atom stereocenters. The zero-order valence-electron chi connectivity index (χ0n) is 16.4. The summed E-state index contributed by atoms with van der Waals surface area (Å²) < 4.78 is 11.1. The number of ether oxygens (including phenoxy) is 2. The number of nitrogens with zero attached hydrogens (tertiary/aromatic N) is 1. The van der Waals surface area contributed by atoms with Crippen molar-refractivity contribution in [1.82, 2.24) is 4.90 Å². The lowest BCUT2D eigenvalue weighted by Gasteiger charge is -2.31. The average molecular weight is 394 g/mol. The Hall–Kier alpha value is -2.86. The van der Waals surface area contributed by atoms with Crippen LogP contribution in [-0.2, 0) is 4.79 Å². The third kappa shape index (κ3) is 4.95. The van der Waals surface area contributed by atoms with Crippen molar-refractivity contribution in [3.63, 3.8) is 0 Å². The highest BCUT2D eigenvalue weighted by Crippen LogP contribution is 2.32. The molecule has 6 nitrogen and oxygen atoms in total. The molecule has 1 fully saturated rings. The molecule has 152 valence electrons. The molecule has 0 aromatic heterocycles. The van der Waals surface area contributed by atoms with E-state index >= 15 is 0 Å². The lowest BCUT2D eigenvalue weighted by Crippen LogP contribution is -2.38. The molecule has 2 aromatic rings. The molecule has 0 aliphatic carbocycles. The number of hydrogen-bond acceptors (Lipinski definition) is 5. The van der Waals surface area contributed by atoms with Crippen molar-refractivity contribution in [1.29, 1.82) is 0 Å². The van der Waals surface area contributed by atoms with Crippen LogP contribution in [0, 0.1) is 5.92 Å². The number of Topliss-reactive ketones (excluding diaryl/α,β-unsaturated/α-hetero) is 1. The van der Waals surface area contributed by atoms with Gasteiger partial charge in [0, 0.05) is 30.1 Å². The third-order valence-corrected chi connectivity index (χ3v) is 5.50. The Morgan fingerprint density at radius 3 is 2.45 bits per heavy atom. The zero-order chi connectivity index (χ0) is 20.1. The number of benzene rings is 2. The smallest absolute Gasteiger partial charge is 0.225 e. The summed E-state index contributed by atoms with van der Waals surface area (Å²) in [5, 5.41) is 2.91. The maximum atomic E-state index is 12.9. The molecule has 2 aliphatic rings. The summed E-state index contributed by atoms with van der Waals surface area (Å²) >= 11 is 0. The minimum absolute atomic E-state index is 0.0191. The van der Waals surface area contributed by atoms with Crippen LogP contribution in [0.5, 0.6) is 11.5 Å². The lowest BCUT2D eigenvalue weighted by molar-refractivity contribution is -0.116. The second-order valence-electron chi connectivity index (χ2n) is 7.50. The van der Waals surface area contributed by atoms with Gasteiger partial charge in [0.15, 0.2) is 17.3 Å². The van der Waals surface area contributed by atoms with Crippen LogP contribution in [0.4, 0.5) is 5.69 Å². The van der Waals surface area contributed by atoms with Gasteiger partial charge in [0.2, 0.25) is 5.91 Å². The van der Waals surface area contributed by atoms with Crippen LogP contribution < -0.4 is 14.8 Å². The number of nitrogens with one attached hydrogen (secondary N) is 1. The molecular formula is C23H26N2O4. The van der Waals surface area contributed by atoms with E-state index in [9.17, 15) is 9.59 Å². The minimum Gasteiger partial charge on any atom is -0.486 e. The first-order valence-corrected chi connectivity index (χ1v) is 10.2. The van der Waals surface area contributed by atoms with E-state index in [1.54, 1.807) is 6.07 Å². The molecule has 0 saturated carbocycles. The van der Waals surface area contributed by atoms with Crippen molar-refractivity contribution >= 4 is 17.4 Å². The quantitative estimate of drug-likeness (QED) is 0.761. The van der Waals surface area contributed by atoms with Crippen LogP contribution in [0.2, 0.25) is 0 Å². The Labute approximate surface area is 170 Å². The number of carbonyl (C=O) groups excluding carboxylic acids is 2. The van der Waals surface area contributed by atoms with E-state index in [2.05, 4.69) is 10.2 Å². The van der Waals surface area contributed by atoms with E-state index < -0.39 is 0 Å². The Kier molecular flexibility index (Phi) is 6.10. The van der Waals surface area contributed by atoms with Gasteiger partial charge < -0.3 is 19.7 Å². The molecule has 0 radical (unpaired) electrons. The molecule has 2 aliphatic heterocycles. The molecule has 0 bridgehead atoms. The highest BCUT2D eigenvalue weighted by Gasteiger charge is 2.27. The van der Waals surface area contributed by atoms with Crippen molar-refractivity contribution in [3.8, 4) is 11.5 Å². The first kappa shape index (κ1) is 19.5. The van der Waals surface area contributed by atoms with E-state index in [-0.39, 0.29) is 17.6 Å². The van der Waals surface area contributed by atoms with Gasteiger partial charge in [-0.1, -0.05) is 18.2 Å². The van der Waals surface area contributed by atoms with Gasteiger partial charge in [-0.05, 0) is 56.3 Å². The fourth-order valence-corrected chi connectivity index (χ4v) is 3.86. The van der Waals surface area contributed by atoms with Crippen LogP contribution in [-0.4, -0.2) is 49.4 Å². The van der Waals surface area contributed by atoms with E-state index in [1.807, 2.05) is 42.5 Å². The van der Waals surface area contributed by atoms with Gasteiger partial charge in [-0.2, -0.15) is 0 Å². The van der Waals surface area contributed by atoms with Gasteiger partial charge in [-0.15, -0.1) is 0 Å². The number of fused-ring (bicyclic) bond motifs is 1. The van der Waals surface area contributed by atoms with Gasteiger partial charge in [0.05, 0.1) is 0 Å². The van der Waals surface area contributed by atoms with Crippen LogP contribution in [0.25, 0.3) is 0 Å². The maximum Gasteiger partial charge on any atom is 0.225 e. The van der Waals surface area contributed by atoms with Crippen LogP contribution in [0.1, 0.15) is 29.6 Å². The lowest BCUT2D eigenvalue weighted by atomic mass is 9.88. The first-order valence-electron chi connectivity index (χ1n) is 10.2. The van der Waals surface area contributed by atoms with Crippen LogP contribution >= 0.6 is 0 Å². The van der Waals surface area contributed by atoms with Gasteiger partial charge >= 0.3 is 0 Å². The Bertz CT molecular complexity index is 860. The number of rotatable bonds is 6. The van der Waals surface area contributed by atoms with Gasteiger partial charge in [-0.3, -0.25) is 9.59 Å². The summed E-state index contributed by atoms with van der Waals surface area (Å²) in [7, 11) is 0. The topological polar surface area (TPSA) is 67.9 Å². The molecule has 29 heavy (non-hydrogen) atoms. The Morgan fingerprint density at radius 1 is 0.966 bits per heavy atom. The minimum atomic E-state index is 0.0191. The summed E-state index contributed by atoms with van der Waals surface area (Å²) in [6.07, 6.45) is 2.08. The summed E-state index contributed by atoms with van der Waals surface area (Å²) in [6, 6.07) is 14.9. The molecule has 4 rings (SSSR count). The van der Waals surface area contributed by atoms with Gasteiger partial charge in [0.1, 0.15) is 13.2 Å². The first-order chi connectivity index (χ1) is 14.2. The third-order valence-electron chi connectivity index (χ3n) is 5.50. The van der Waals surface area contributed by atoms with E-state index in [4.69, 9.17) is 9.47 Å². The Balaban J connectivity index is 1.24. The van der Waals surface area contributed by atoms with E-state index in [1.165, 1.54) is 0 Å². The molecule has 1 amide bonds. The van der Waals surface area contributed by atoms with Crippen LogP contribution in [0.3, 0.4) is 0 Å². The monoisotopic (exact) mass is 394 g/mol. The van der Waals surface area contributed by atoms with Gasteiger partial charge in [-0.25, -0.2) is 0 Å². The molecule has 0 unspecified atom stereocenters. The predicted molar refractivity (Wildman–Crippen MR) is 111 cm³/mol. The number of para-hydroxylation sites is 1.